The van der Waals surface area contributed by atoms with Gasteiger partial charge in [0.05, 0.1) is 18.3 Å². The Labute approximate surface area is 216 Å². The fourth-order valence-electron chi connectivity index (χ4n) is 10.1. The molecule has 5 rings (SSSR count). The van der Waals surface area contributed by atoms with Gasteiger partial charge >= 0.3 is 5.97 Å². The van der Waals surface area contributed by atoms with Gasteiger partial charge in [-0.2, -0.15) is 0 Å². The first-order valence-electron chi connectivity index (χ1n) is 14.4. The Morgan fingerprint density at radius 2 is 1.69 bits per heavy atom. The summed E-state index contributed by atoms with van der Waals surface area (Å²) < 4.78 is 0. The van der Waals surface area contributed by atoms with E-state index < -0.39 is 18.2 Å². The van der Waals surface area contributed by atoms with E-state index in [2.05, 4.69) is 45.0 Å². The molecule has 0 aliphatic heterocycles. The molecule has 0 heterocycles. The topological polar surface area (TPSA) is 98.0 Å². The lowest BCUT2D eigenvalue weighted by Crippen LogP contribution is -2.64. The first-order chi connectivity index (χ1) is 17.1. The monoisotopic (exact) mass is 498 g/mol. The summed E-state index contributed by atoms with van der Waals surface area (Å²) in [5.74, 6) is 0.979. The molecule has 5 heteroatoms. The van der Waals surface area contributed by atoms with Crippen LogP contribution in [0.1, 0.15) is 77.7 Å². The van der Waals surface area contributed by atoms with Crippen LogP contribution in [0.3, 0.4) is 0 Å². The molecule has 0 bridgehead atoms. The number of carboxylic acids is 1. The van der Waals surface area contributed by atoms with Crippen molar-refractivity contribution in [1.29, 1.82) is 0 Å². The molecule has 1 unspecified atom stereocenters. The molecule has 1 aromatic carbocycles. The lowest BCUT2D eigenvalue weighted by atomic mass is 9.40. The molecular formula is C31H46O5. The third-order valence-electron chi connectivity index (χ3n) is 12.0. The van der Waals surface area contributed by atoms with Crippen LogP contribution in [0.15, 0.2) is 30.3 Å². The van der Waals surface area contributed by atoms with Gasteiger partial charge in [-0.3, -0.25) is 4.79 Å². The van der Waals surface area contributed by atoms with E-state index in [0.717, 1.165) is 38.5 Å². The van der Waals surface area contributed by atoms with Crippen molar-refractivity contribution in [2.24, 2.45) is 52.3 Å². The normalized spacial score (nSPS) is 46.9. The summed E-state index contributed by atoms with van der Waals surface area (Å²) in [6.07, 6.45) is 5.53. The second-order valence-corrected chi connectivity index (χ2v) is 13.4. The molecule has 4 N–H and O–H groups in total. The van der Waals surface area contributed by atoms with E-state index in [9.17, 15) is 25.2 Å². The summed E-state index contributed by atoms with van der Waals surface area (Å²) in [7, 11) is 0. The Balaban J connectivity index is 1.46. The van der Waals surface area contributed by atoms with Gasteiger partial charge < -0.3 is 20.4 Å². The predicted molar refractivity (Wildman–Crippen MR) is 139 cm³/mol. The Bertz CT molecular complexity index is 934. The van der Waals surface area contributed by atoms with Gasteiger partial charge in [-0.05, 0) is 109 Å². The maximum atomic E-state index is 11.8. The smallest absolute Gasteiger partial charge is 0.303 e. The summed E-state index contributed by atoms with van der Waals surface area (Å²) in [5, 5.41) is 43.6. The van der Waals surface area contributed by atoms with Crippen molar-refractivity contribution in [2.75, 3.05) is 0 Å². The fourth-order valence-corrected chi connectivity index (χ4v) is 10.1. The molecule has 0 amide bonds. The minimum atomic E-state index is -0.753. The largest absolute Gasteiger partial charge is 0.481 e. The minimum absolute atomic E-state index is 0.0334. The van der Waals surface area contributed by atoms with E-state index in [4.69, 9.17) is 0 Å². The zero-order valence-electron chi connectivity index (χ0n) is 22.2. The Kier molecular flexibility index (Phi) is 7.06. The van der Waals surface area contributed by atoms with Gasteiger partial charge in [-0.25, -0.2) is 0 Å². The quantitative estimate of drug-likeness (QED) is 0.446. The van der Waals surface area contributed by atoms with Crippen LogP contribution < -0.4 is 0 Å². The lowest BCUT2D eigenvalue weighted by Gasteiger charge is -2.65. The molecule has 4 aliphatic carbocycles. The third-order valence-corrected chi connectivity index (χ3v) is 12.0. The highest BCUT2D eigenvalue weighted by Crippen LogP contribution is 2.69. The number of carbonyl (C=O) groups is 1. The minimum Gasteiger partial charge on any atom is -0.481 e. The van der Waals surface area contributed by atoms with Gasteiger partial charge in [0.1, 0.15) is 0 Å². The molecule has 0 aromatic heterocycles. The second kappa shape index (κ2) is 9.71. The second-order valence-electron chi connectivity index (χ2n) is 13.4. The van der Waals surface area contributed by atoms with Crippen molar-refractivity contribution in [3.8, 4) is 0 Å². The Hall–Kier alpha value is -1.43. The molecular weight excluding hydrogens is 452 g/mol. The van der Waals surface area contributed by atoms with Gasteiger partial charge in [-0.1, -0.05) is 51.1 Å². The Morgan fingerprint density at radius 3 is 2.39 bits per heavy atom. The predicted octanol–water partition coefficient (Wildman–Crippen LogP) is 4.92. The van der Waals surface area contributed by atoms with Crippen molar-refractivity contribution in [3.05, 3.63) is 35.9 Å². The summed E-state index contributed by atoms with van der Waals surface area (Å²) in [6.45, 7) is 6.81. The van der Waals surface area contributed by atoms with Gasteiger partial charge in [0.25, 0.3) is 0 Å². The van der Waals surface area contributed by atoms with E-state index in [1.54, 1.807) is 0 Å². The number of aliphatic carboxylic acids is 1. The van der Waals surface area contributed by atoms with Crippen LogP contribution in [0, 0.1) is 52.3 Å². The zero-order chi connectivity index (χ0) is 25.8. The van der Waals surface area contributed by atoms with Crippen LogP contribution in [-0.2, 0) is 11.2 Å². The van der Waals surface area contributed by atoms with Gasteiger partial charge in [0.2, 0.25) is 0 Å². The van der Waals surface area contributed by atoms with Crippen LogP contribution in [-0.4, -0.2) is 44.7 Å². The van der Waals surface area contributed by atoms with E-state index >= 15 is 0 Å². The van der Waals surface area contributed by atoms with Gasteiger partial charge in [0.15, 0.2) is 0 Å². The summed E-state index contributed by atoms with van der Waals surface area (Å²) in [6, 6.07) is 10.6. The zero-order valence-corrected chi connectivity index (χ0v) is 22.2. The third kappa shape index (κ3) is 4.14. The number of rotatable bonds is 6. The molecule has 4 saturated carbocycles. The number of hydrogen-bond acceptors (Lipinski definition) is 4. The average molecular weight is 499 g/mol. The van der Waals surface area contributed by atoms with Gasteiger partial charge in [0, 0.05) is 6.42 Å². The highest BCUT2D eigenvalue weighted by Gasteiger charge is 2.67. The summed E-state index contributed by atoms with van der Waals surface area (Å²) in [5.41, 5.74) is 0.981. The van der Waals surface area contributed by atoms with E-state index in [-0.39, 0.29) is 58.9 Å². The first kappa shape index (κ1) is 26.2. The highest BCUT2D eigenvalue weighted by atomic mass is 16.4. The van der Waals surface area contributed by atoms with Gasteiger partial charge in [-0.15, -0.1) is 0 Å². The number of benzene rings is 1. The maximum Gasteiger partial charge on any atom is 0.303 e. The highest BCUT2D eigenvalue weighted by molar-refractivity contribution is 5.66. The molecule has 0 radical (unpaired) electrons. The van der Waals surface area contributed by atoms with Crippen LogP contribution >= 0.6 is 0 Å². The number of hydrogen-bond donors (Lipinski definition) is 4. The molecule has 12 atom stereocenters. The molecule has 1 aromatic rings. The van der Waals surface area contributed by atoms with Crippen molar-refractivity contribution in [2.45, 2.75) is 96.9 Å². The van der Waals surface area contributed by atoms with Crippen molar-refractivity contribution >= 4 is 5.97 Å². The molecule has 36 heavy (non-hydrogen) atoms. The van der Waals surface area contributed by atoms with Crippen molar-refractivity contribution in [3.63, 3.8) is 0 Å². The molecule has 0 spiro atoms. The number of aliphatic hydroxyl groups is 3. The molecule has 4 fully saturated rings. The fraction of sp³-hybridized carbons (Fsp3) is 0.774. The number of aliphatic hydroxyl groups excluding tert-OH is 3. The maximum absolute atomic E-state index is 11.8. The lowest BCUT2D eigenvalue weighted by molar-refractivity contribution is -0.222. The van der Waals surface area contributed by atoms with Crippen LogP contribution in [0.5, 0.6) is 0 Å². The van der Waals surface area contributed by atoms with Crippen LogP contribution in [0.4, 0.5) is 0 Å². The molecule has 200 valence electrons. The molecule has 4 aliphatic rings. The van der Waals surface area contributed by atoms with Crippen LogP contribution in [0.25, 0.3) is 0 Å². The van der Waals surface area contributed by atoms with Crippen LogP contribution in [0.2, 0.25) is 0 Å². The van der Waals surface area contributed by atoms with E-state index in [1.807, 2.05) is 6.07 Å². The molecule has 0 saturated heterocycles. The first-order valence-corrected chi connectivity index (χ1v) is 14.4. The van der Waals surface area contributed by atoms with E-state index in [0.29, 0.717) is 18.8 Å². The number of fused-ring (bicyclic) bond motifs is 5. The average Bonchev–Trinajstić information content (AvgIpc) is 3.19. The Morgan fingerprint density at radius 1 is 0.972 bits per heavy atom. The molecule has 5 nitrogen and oxygen atoms in total. The standard InChI is InChI=1S/C31H46O5/c1-18(9-12-28(35)36)23-10-11-24-29-25(17-27(34)31(23,24)3)30(2)20(13-19-7-5-4-6-8-19)14-22(32)15-21(30)16-26(29)33/h4-8,18,20-27,29,32-34H,9-17H2,1-3H3,(H,35,36)/t18-,20?,21+,22-,23-,24+,25+,26-,27+,29+,30+,31-/m1/s1. The van der Waals surface area contributed by atoms with E-state index in [1.165, 1.54) is 5.56 Å². The van der Waals surface area contributed by atoms with Crippen molar-refractivity contribution < 1.29 is 25.2 Å². The summed E-state index contributed by atoms with van der Waals surface area (Å²) >= 11 is 0. The number of carboxylic acid groups (broad SMARTS) is 1. The van der Waals surface area contributed by atoms with Crippen molar-refractivity contribution in [1.82, 2.24) is 0 Å². The SMILES string of the molecule is C[C@H](CCC(=O)O)[C@H]1CC[C@H]2[C@@H]3[C@H](O)C[C@@H]4C[C@H](O)CC(Cc5ccccc5)[C@]4(C)[C@H]3C[C@H](O)[C@]12C. The summed E-state index contributed by atoms with van der Waals surface area (Å²) in [4.78, 5) is 11.2.